The zero-order chi connectivity index (χ0) is 16.0. The van der Waals surface area contributed by atoms with E-state index in [-0.39, 0.29) is 17.4 Å². The van der Waals surface area contributed by atoms with Gasteiger partial charge in [0.1, 0.15) is 0 Å². The van der Waals surface area contributed by atoms with E-state index in [1.807, 2.05) is 17.9 Å². The number of sulfonamides is 1. The second-order valence-corrected chi connectivity index (χ2v) is 8.27. The summed E-state index contributed by atoms with van der Waals surface area (Å²) in [7, 11) is -3.15. The van der Waals surface area contributed by atoms with Gasteiger partial charge in [0.2, 0.25) is 10.0 Å². The number of piperidine rings is 1. The highest BCUT2D eigenvalue weighted by molar-refractivity contribution is 7.88. The van der Waals surface area contributed by atoms with Crippen LogP contribution in [0.5, 0.6) is 0 Å². The van der Waals surface area contributed by atoms with Crippen LogP contribution in [0.15, 0.2) is 18.5 Å². The normalized spacial score (nSPS) is 23.5. The van der Waals surface area contributed by atoms with Crippen molar-refractivity contribution in [2.24, 2.45) is 5.41 Å². The van der Waals surface area contributed by atoms with Crippen LogP contribution in [0.4, 0.5) is 0 Å². The SMILES string of the molecule is Cc1ccncc1C(=O)N1CCC2(CC1)C[C@@H]2NS(C)(=O)=O. The minimum atomic E-state index is -3.15. The molecule has 2 heterocycles. The lowest BCUT2D eigenvalue weighted by atomic mass is 9.92. The average Bonchev–Trinajstić information content (AvgIpc) is 3.09. The van der Waals surface area contributed by atoms with Crippen LogP contribution in [0.1, 0.15) is 35.2 Å². The number of aryl methyl sites for hydroxylation is 1. The van der Waals surface area contributed by atoms with Gasteiger partial charge in [0.05, 0.1) is 11.8 Å². The quantitative estimate of drug-likeness (QED) is 0.897. The van der Waals surface area contributed by atoms with Gasteiger partial charge < -0.3 is 4.90 Å². The third-order valence-electron chi connectivity index (χ3n) is 4.86. The molecule has 1 amide bonds. The first-order valence-corrected chi connectivity index (χ1v) is 9.37. The fourth-order valence-corrected chi connectivity index (χ4v) is 4.19. The van der Waals surface area contributed by atoms with Crippen molar-refractivity contribution in [1.29, 1.82) is 0 Å². The molecule has 0 radical (unpaired) electrons. The minimum Gasteiger partial charge on any atom is -0.339 e. The summed E-state index contributed by atoms with van der Waals surface area (Å²) in [5, 5.41) is 0. The Kier molecular flexibility index (Phi) is 3.72. The molecule has 1 aliphatic carbocycles. The van der Waals surface area contributed by atoms with Crippen LogP contribution in [-0.4, -0.2) is 49.6 Å². The highest BCUT2D eigenvalue weighted by Gasteiger charge is 2.56. The summed E-state index contributed by atoms with van der Waals surface area (Å²) in [6, 6.07) is 1.88. The minimum absolute atomic E-state index is 0.0220. The topological polar surface area (TPSA) is 79.4 Å². The third kappa shape index (κ3) is 3.01. The maximum atomic E-state index is 12.5. The van der Waals surface area contributed by atoms with E-state index in [0.29, 0.717) is 18.7 Å². The first-order chi connectivity index (χ1) is 10.3. The summed E-state index contributed by atoms with van der Waals surface area (Å²) in [4.78, 5) is 18.4. The van der Waals surface area contributed by atoms with Crippen LogP contribution in [0, 0.1) is 12.3 Å². The number of hydrogen-bond donors (Lipinski definition) is 1. The van der Waals surface area contributed by atoms with Crippen LogP contribution in [0.25, 0.3) is 0 Å². The highest BCUT2D eigenvalue weighted by Crippen LogP contribution is 2.54. The van der Waals surface area contributed by atoms with Crippen molar-refractivity contribution in [1.82, 2.24) is 14.6 Å². The van der Waals surface area contributed by atoms with Gasteiger partial charge >= 0.3 is 0 Å². The van der Waals surface area contributed by atoms with Crippen molar-refractivity contribution in [3.8, 4) is 0 Å². The standard InChI is InChI=1S/C15H21N3O3S/c1-11-3-6-16-10-12(11)14(19)18-7-4-15(5-8-18)9-13(15)17-22(2,20)21/h3,6,10,13,17H,4-5,7-9H2,1-2H3/t13-/m0/s1. The fourth-order valence-electron chi connectivity index (χ4n) is 3.34. The predicted octanol–water partition coefficient (Wildman–Crippen LogP) is 0.934. The molecule has 1 spiro atoms. The van der Waals surface area contributed by atoms with Crippen molar-refractivity contribution in [3.05, 3.63) is 29.6 Å². The van der Waals surface area contributed by atoms with Crippen molar-refractivity contribution in [2.75, 3.05) is 19.3 Å². The molecule has 1 saturated heterocycles. The molecule has 22 heavy (non-hydrogen) atoms. The van der Waals surface area contributed by atoms with Gasteiger partial charge in [0.15, 0.2) is 0 Å². The van der Waals surface area contributed by atoms with Crippen molar-refractivity contribution >= 4 is 15.9 Å². The first kappa shape index (κ1) is 15.4. The Morgan fingerprint density at radius 1 is 1.41 bits per heavy atom. The molecule has 2 fully saturated rings. The van der Waals surface area contributed by atoms with Gasteiger partial charge in [0.25, 0.3) is 5.91 Å². The molecule has 0 aromatic carbocycles. The molecule has 3 rings (SSSR count). The molecular formula is C15H21N3O3S. The van der Waals surface area contributed by atoms with E-state index in [1.165, 1.54) is 6.26 Å². The Balaban J connectivity index is 1.61. The van der Waals surface area contributed by atoms with Gasteiger partial charge in [-0.15, -0.1) is 0 Å². The summed E-state index contributed by atoms with van der Waals surface area (Å²) in [5.41, 5.74) is 1.65. The molecule has 0 unspecified atom stereocenters. The van der Waals surface area contributed by atoms with Gasteiger partial charge in [-0.1, -0.05) is 0 Å². The lowest BCUT2D eigenvalue weighted by Crippen LogP contribution is -2.41. The summed E-state index contributed by atoms with van der Waals surface area (Å²) in [5.74, 6) is 0.0220. The van der Waals surface area contributed by atoms with Gasteiger partial charge in [-0.05, 0) is 43.2 Å². The molecular weight excluding hydrogens is 302 g/mol. The maximum absolute atomic E-state index is 12.5. The molecule has 1 N–H and O–H groups in total. The van der Waals surface area contributed by atoms with E-state index in [0.717, 1.165) is 24.8 Å². The zero-order valence-electron chi connectivity index (χ0n) is 12.9. The van der Waals surface area contributed by atoms with Crippen LogP contribution in [0.3, 0.4) is 0 Å². The summed E-state index contributed by atoms with van der Waals surface area (Å²) in [6.45, 7) is 3.26. The van der Waals surface area contributed by atoms with Crippen molar-refractivity contribution in [3.63, 3.8) is 0 Å². The number of likely N-dealkylation sites (tertiary alicyclic amines) is 1. The lowest BCUT2D eigenvalue weighted by Gasteiger charge is -2.33. The number of pyridine rings is 1. The van der Waals surface area contributed by atoms with Crippen LogP contribution < -0.4 is 4.72 Å². The van der Waals surface area contributed by atoms with Crippen LogP contribution >= 0.6 is 0 Å². The van der Waals surface area contributed by atoms with E-state index >= 15 is 0 Å². The van der Waals surface area contributed by atoms with E-state index in [4.69, 9.17) is 0 Å². The number of nitrogens with one attached hydrogen (secondary N) is 1. The highest BCUT2D eigenvalue weighted by atomic mass is 32.2. The molecule has 0 bridgehead atoms. The Bertz CT molecular complexity index is 694. The third-order valence-corrected chi connectivity index (χ3v) is 5.57. The van der Waals surface area contributed by atoms with Crippen molar-refractivity contribution < 1.29 is 13.2 Å². The van der Waals surface area contributed by atoms with E-state index < -0.39 is 10.0 Å². The van der Waals surface area contributed by atoms with Gasteiger partial charge in [0, 0.05) is 31.5 Å². The fraction of sp³-hybridized carbons (Fsp3) is 0.600. The monoisotopic (exact) mass is 323 g/mol. The molecule has 120 valence electrons. The number of carbonyl (C=O) groups excluding carboxylic acids is 1. The van der Waals surface area contributed by atoms with E-state index in [1.54, 1.807) is 12.4 Å². The number of nitrogens with zero attached hydrogens (tertiary/aromatic N) is 2. The van der Waals surface area contributed by atoms with Crippen LogP contribution in [0.2, 0.25) is 0 Å². The molecule has 1 saturated carbocycles. The first-order valence-electron chi connectivity index (χ1n) is 7.48. The summed E-state index contributed by atoms with van der Waals surface area (Å²) < 4.78 is 25.3. The maximum Gasteiger partial charge on any atom is 0.255 e. The smallest absolute Gasteiger partial charge is 0.255 e. The molecule has 1 aliphatic heterocycles. The molecule has 2 aliphatic rings. The molecule has 7 heteroatoms. The average molecular weight is 323 g/mol. The second kappa shape index (κ2) is 5.31. The number of rotatable bonds is 3. The predicted molar refractivity (Wildman–Crippen MR) is 82.9 cm³/mol. The number of hydrogen-bond acceptors (Lipinski definition) is 4. The molecule has 6 nitrogen and oxygen atoms in total. The van der Waals surface area contributed by atoms with Crippen LogP contribution in [-0.2, 0) is 10.0 Å². The zero-order valence-corrected chi connectivity index (χ0v) is 13.7. The summed E-state index contributed by atoms with van der Waals surface area (Å²) >= 11 is 0. The summed E-state index contributed by atoms with van der Waals surface area (Å²) in [6.07, 6.45) is 7.09. The van der Waals surface area contributed by atoms with Gasteiger partial charge in [-0.3, -0.25) is 9.78 Å². The molecule has 1 aromatic rings. The van der Waals surface area contributed by atoms with Gasteiger partial charge in [-0.2, -0.15) is 0 Å². The second-order valence-electron chi connectivity index (χ2n) is 6.49. The Hall–Kier alpha value is -1.47. The molecule has 1 aromatic heterocycles. The Morgan fingerprint density at radius 2 is 2.09 bits per heavy atom. The number of carbonyl (C=O) groups is 1. The molecule has 1 atom stereocenters. The van der Waals surface area contributed by atoms with Crippen molar-refractivity contribution in [2.45, 2.75) is 32.2 Å². The number of aromatic nitrogens is 1. The van der Waals surface area contributed by atoms with E-state index in [2.05, 4.69) is 9.71 Å². The van der Waals surface area contributed by atoms with E-state index in [9.17, 15) is 13.2 Å². The lowest BCUT2D eigenvalue weighted by molar-refractivity contribution is 0.0673. The van der Waals surface area contributed by atoms with Gasteiger partial charge in [-0.25, -0.2) is 13.1 Å². The largest absolute Gasteiger partial charge is 0.339 e. The Labute approximate surface area is 131 Å². The number of amides is 1. The Morgan fingerprint density at radius 3 is 2.68 bits per heavy atom.